The second-order valence-corrected chi connectivity index (χ2v) is 3.84. The fourth-order valence-electron chi connectivity index (χ4n) is 1.32. The predicted molar refractivity (Wildman–Crippen MR) is 66.8 cm³/mol. The summed E-state index contributed by atoms with van der Waals surface area (Å²) in [5.41, 5.74) is 0. The third-order valence-corrected chi connectivity index (χ3v) is 2.15. The first-order chi connectivity index (χ1) is 9.58. The van der Waals surface area contributed by atoms with E-state index in [9.17, 15) is 14.4 Å². The lowest BCUT2D eigenvalue weighted by atomic mass is 10.4. The van der Waals surface area contributed by atoms with Gasteiger partial charge in [-0.1, -0.05) is 0 Å². The highest BCUT2D eigenvalue weighted by molar-refractivity contribution is 5.94. The molecule has 9 heteroatoms. The predicted octanol–water partition coefficient (Wildman–Crippen LogP) is -0.800. The molecule has 0 spiro atoms. The van der Waals surface area contributed by atoms with Crippen molar-refractivity contribution < 1.29 is 24.2 Å². The number of aliphatic carboxylic acids is 1. The molecule has 9 nitrogen and oxygen atoms in total. The van der Waals surface area contributed by atoms with Crippen LogP contribution >= 0.6 is 0 Å². The average Bonchev–Trinajstić information content (AvgIpc) is 2.87. The van der Waals surface area contributed by atoms with E-state index >= 15 is 0 Å². The molecule has 3 N–H and O–H groups in total. The van der Waals surface area contributed by atoms with Gasteiger partial charge < -0.3 is 19.7 Å². The quantitative estimate of drug-likeness (QED) is 0.537. The van der Waals surface area contributed by atoms with Gasteiger partial charge in [0.25, 0.3) is 5.91 Å². The number of ether oxygens (including phenoxy) is 1. The second kappa shape index (κ2) is 8.64. The molecule has 0 aliphatic rings. The molecular formula is C11H16N4O5. The maximum Gasteiger partial charge on any atom is 0.329 e. The highest BCUT2D eigenvalue weighted by Gasteiger charge is 2.08. The molecule has 0 saturated heterocycles. The fourth-order valence-corrected chi connectivity index (χ4v) is 1.32. The van der Waals surface area contributed by atoms with E-state index in [0.29, 0.717) is 19.5 Å². The molecule has 1 aromatic heterocycles. The van der Waals surface area contributed by atoms with Crippen LogP contribution in [0.3, 0.4) is 0 Å². The lowest BCUT2D eigenvalue weighted by molar-refractivity contribution is -0.143. The maximum absolute atomic E-state index is 11.3. The van der Waals surface area contributed by atoms with Gasteiger partial charge in [-0.05, 0) is 6.42 Å². The Morgan fingerprint density at radius 1 is 1.30 bits per heavy atom. The SMILES string of the molecule is O=C(O)COCC(=O)NC(=O)NCCCn1ccnc1. The molecule has 0 aromatic carbocycles. The van der Waals surface area contributed by atoms with E-state index in [-0.39, 0.29) is 0 Å². The van der Waals surface area contributed by atoms with E-state index < -0.39 is 31.1 Å². The van der Waals surface area contributed by atoms with Crippen molar-refractivity contribution in [2.45, 2.75) is 13.0 Å². The van der Waals surface area contributed by atoms with Crippen molar-refractivity contribution in [3.05, 3.63) is 18.7 Å². The van der Waals surface area contributed by atoms with E-state index in [1.807, 2.05) is 16.1 Å². The van der Waals surface area contributed by atoms with Crippen LogP contribution in [0.1, 0.15) is 6.42 Å². The minimum atomic E-state index is -1.18. The molecule has 0 fully saturated rings. The van der Waals surface area contributed by atoms with Gasteiger partial charge in [-0.25, -0.2) is 14.6 Å². The summed E-state index contributed by atoms with van der Waals surface area (Å²) in [4.78, 5) is 36.4. The van der Waals surface area contributed by atoms with Gasteiger partial charge >= 0.3 is 12.0 Å². The van der Waals surface area contributed by atoms with Crippen molar-refractivity contribution in [2.24, 2.45) is 0 Å². The molecule has 3 amide bonds. The van der Waals surface area contributed by atoms with Gasteiger partial charge in [0.05, 0.1) is 6.33 Å². The van der Waals surface area contributed by atoms with Crippen LogP contribution in [0.4, 0.5) is 4.79 Å². The van der Waals surface area contributed by atoms with Crippen LogP contribution in [0.2, 0.25) is 0 Å². The number of urea groups is 1. The fraction of sp³-hybridized carbons (Fsp3) is 0.455. The van der Waals surface area contributed by atoms with Gasteiger partial charge in [-0.15, -0.1) is 0 Å². The smallest absolute Gasteiger partial charge is 0.329 e. The highest BCUT2D eigenvalue weighted by Crippen LogP contribution is 1.88. The van der Waals surface area contributed by atoms with Crippen LogP contribution in [-0.2, 0) is 20.9 Å². The molecule has 1 aromatic rings. The number of carbonyl (C=O) groups is 3. The first-order valence-corrected chi connectivity index (χ1v) is 5.91. The van der Waals surface area contributed by atoms with Gasteiger partial charge in [0, 0.05) is 25.5 Å². The normalized spacial score (nSPS) is 10.0. The van der Waals surface area contributed by atoms with Crippen molar-refractivity contribution in [3.63, 3.8) is 0 Å². The van der Waals surface area contributed by atoms with Crippen molar-refractivity contribution >= 4 is 17.9 Å². The van der Waals surface area contributed by atoms with Crippen molar-refractivity contribution in [1.29, 1.82) is 0 Å². The molecule has 1 heterocycles. The summed E-state index contributed by atoms with van der Waals surface area (Å²) in [5, 5.41) is 12.8. The Hall–Kier alpha value is -2.42. The van der Waals surface area contributed by atoms with Gasteiger partial charge in [0.1, 0.15) is 13.2 Å². The van der Waals surface area contributed by atoms with Gasteiger partial charge in [-0.3, -0.25) is 10.1 Å². The molecule has 0 aliphatic heterocycles. The minimum Gasteiger partial charge on any atom is -0.480 e. The van der Waals surface area contributed by atoms with Crippen LogP contribution in [0.5, 0.6) is 0 Å². The number of carboxylic acid groups (broad SMARTS) is 1. The zero-order chi connectivity index (χ0) is 14.8. The van der Waals surface area contributed by atoms with E-state index in [0.717, 1.165) is 0 Å². The number of amides is 3. The Morgan fingerprint density at radius 3 is 2.75 bits per heavy atom. The Bertz CT molecular complexity index is 446. The molecule has 0 saturated carbocycles. The number of nitrogens with zero attached hydrogens (tertiary/aromatic N) is 2. The number of hydrogen-bond acceptors (Lipinski definition) is 5. The van der Waals surface area contributed by atoms with Crippen LogP contribution < -0.4 is 10.6 Å². The van der Waals surface area contributed by atoms with Crippen LogP contribution in [-0.4, -0.2) is 52.3 Å². The summed E-state index contributed by atoms with van der Waals surface area (Å²) < 4.78 is 6.40. The molecule has 0 atom stereocenters. The maximum atomic E-state index is 11.3. The zero-order valence-electron chi connectivity index (χ0n) is 10.7. The molecule has 0 unspecified atom stereocenters. The topological polar surface area (TPSA) is 123 Å². The summed E-state index contributed by atoms with van der Waals surface area (Å²) in [7, 11) is 0. The van der Waals surface area contributed by atoms with Crippen molar-refractivity contribution in [2.75, 3.05) is 19.8 Å². The number of aryl methyl sites for hydroxylation is 1. The third kappa shape index (κ3) is 7.11. The van der Waals surface area contributed by atoms with E-state index in [4.69, 9.17) is 5.11 Å². The van der Waals surface area contributed by atoms with Crippen LogP contribution in [0.15, 0.2) is 18.7 Å². The Morgan fingerprint density at radius 2 is 2.10 bits per heavy atom. The lowest BCUT2D eigenvalue weighted by Gasteiger charge is -2.07. The van der Waals surface area contributed by atoms with Gasteiger partial charge in [-0.2, -0.15) is 0 Å². The summed E-state index contributed by atoms with van der Waals surface area (Å²) in [6, 6.07) is -0.639. The first kappa shape index (κ1) is 15.6. The van der Waals surface area contributed by atoms with Gasteiger partial charge in [0.2, 0.25) is 0 Å². The molecule has 20 heavy (non-hydrogen) atoms. The molecule has 1 rings (SSSR count). The van der Waals surface area contributed by atoms with Crippen LogP contribution in [0, 0.1) is 0 Å². The number of carboxylic acids is 1. The van der Waals surface area contributed by atoms with E-state index in [2.05, 4.69) is 15.0 Å². The number of hydrogen-bond donors (Lipinski definition) is 3. The minimum absolute atomic E-state index is 0.396. The largest absolute Gasteiger partial charge is 0.480 e. The summed E-state index contributed by atoms with van der Waals surface area (Å²) in [6.07, 6.45) is 5.83. The van der Waals surface area contributed by atoms with Gasteiger partial charge in [0.15, 0.2) is 0 Å². The Labute approximate surface area is 114 Å². The zero-order valence-corrected chi connectivity index (χ0v) is 10.7. The van der Waals surface area contributed by atoms with Crippen molar-refractivity contribution in [3.8, 4) is 0 Å². The molecule has 0 aliphatic carbocycles. The number of carbonyl (C=O) groups excluding carboxylic acids is 2. The Kier molecular flexibility index (Phi) is 6.76. The summed E-state index contributed by atoms with van der Waals surface area (Å²) in [6.45, 7) is 0.0396. The van der Waals surface area contributed by atoms with Crippen molar-refractivity contribution in [1.82, 2.24) is 20.2 Å². The van der Waals surface area contributed by atoms with E-state index in [1.54, 1.807) is 12.5 Å². The number of nitrogens with one attached hydrogen (secondary N) is 2. The number of rotatable bonds is 8. The highest BCUT2D eigenvalue weighted by atomic mass is 16.5. The lowest BCUT2D eigenvalue weighted by Crippen LogP contribution is -2.41. The Balaban J connectivity index is 2.04. The average molecular weight is 284 g/mol. The molecule has 0 bridgehead atoms. The molecule has 0 radical (unpaired) electrons. The standard InChI is InChI=1S/C11H16N4O5/c16-9(6-20-7-10(17)18)14-11(19)13-2-1-4-15-5-3-12-8-15/h3,5,8H,1-2,4,6-7H2,(H,17,18)(H2,13,14,16,19). The third-order valence-electron chi connectivity index (χ3n) is 2.15. The number of aromatic nitrogens is 2. The molecular weight excluding hydrogens is 268 g/mol. The first-order valence-electron chi connectivity index (χ1n) is 5.91. The monoisotopic (exact) mass is 284 g/mol. The van der Waals surface area contributed by atoms with Crippen LogP contribution in [0.25, 0.3) is 0 Å². The number of imidazole rings is 1. The summed E-state index contributed by atoms with van der Waals surface area (Å²) >= 11 is 0. The second-order valence-electron chi connectivity index (χ2n) is 3.84. The molecule has 110 valence electrons. The number of imide groups is 1. The van der Waals surface area contributed by atoms with E-state index in [1.165, 1.54) is 0 Å². The summed E-state index contributed by atoms with van der Waals surface area (Å²) in [5.74, 6) is -1.87.